The fourth-order valence-electron chi connectivity index (χ4n) is 6.79. The Kier molecular flexibility index (Phi) is 17.7. The number of ether oxygens (including phenoxy) is 8. The van der Waals surface area contributed by atoms with Crippen molar-refractivity contribution in [1.29, 1.82) is 0 Å². The summed E-state index contributed by atoms with van der Waals surface area (Å²) in [7, 11) is 0. The van der Waals surface area contributed by atoms with Crippen molar-refractivity contribution in [2.75, 3.05) is 26.4 Å². The molecule has 16 N–H and O–H groups in total. The number of nitrogens with one attached hydrogen (secondary N) is 1. The quantitative estimate of drug-likeness (QED) is 0.0686. The van der Waals surface area contributed by atoms with E-state index in [1.807, 2.05) is 0 Å². The number of aliphatic hydroxyl groups is 15. The summed E-state index contributed by atoms with van der Waals surface area (Å²) in [6.07, 6.45) is -41.0. The van der Waals surface area contributed by atoms with Gasteiger partial charge in [-0.15, -0.1) is 0 Å². The average molecular weight is 840 g/mol. The Hall–Kier alpha value is -1.45. The van der Waals surface area contributed by atoms with Gasteiger partial charge < -0.3 is 120 Å². The van der Waals surface area contributed by atoms with Crippen molar-refractivity contribution < 1.29 is 119 Å². The van der Waals surface area contributed by atoms with E-state index in [2.05, 4.69) is 5.32 Å². The molecule has 4 aliphatic heterocycles. The Morgan fingerprint density at radius 1 is 0.561 bits per heavy atom. The molecule has 4 heterocycles. The second-order valence-corrected chi connectivity index (χ2v) is 14.5. The fraction of sp³-hybridized carbons (Fsp3) is 0.969. The molecule has 0 radical (unpaired) electrons. The molecule has 0 saturated carbocycles. The average Bonchev–Trinajstić information content (AvgIpc) is 3.18. The Bertz CT molecular complexity index is 1240. The lowest BCUT2D eigenvalue weighted by molar-refractivity contribution is -0.393. The van der Waals surface area contributed by atoms with Crippen LogP contribution < -0.4 is 5.32 Å². The molecular formula is C32H57NO24. The summed E-state index contributed by atoms with van der Waals surface area (Å²) in [6.45, 7) is -0.0942. The Morgan fingerprint density at radius 2 is 1.04 bits per heavy atom. The summed E-state index contributed by atoms with van der Waals surface area (Å²) in [5, 5.41) is 158. The standard InChI is InChI=1S/C32H57NO24/c1-8-16(40)21(45)24(48)30(51-8)56-27-15(33-10(3)37)29(50-7-12(39)19(43)18(42)11(38)4-34)54-14(6-36)26(27)55-32-28(23(47)20(44)13(5-35)53-32)57-31-25(49)22(46)17(41)9(2)52-31/h8-9,11-32,34-36,38-49H,4-7H2,1-3H3,(H,33,37)/t8-,9-,11-,12+,13+,14+,15+,16+,17+,18+,19-,20-,21+,22+,23-,24-,25-,26+,27+,28+,29+,30-,31-,32-/m0/s1. The van der Waals surface area contributed by atoms with Gasteiger partial charge in [-0.25, -0.2) is 0 Å². The summed E-state index contributed by atoms with van der Waals surface area (Å²) in [6, 6.07) is -1.64. The van der Waals surface area contributed by atoms with Gasteiger partial charge in [-0.05, 0) is 13.8 Å². The van der Waals surface area contributed by atoms with Gasteiger partial charge in [0.15, 0.2) is 25.2 Å². The maximum Gasteiger partial charge on any atom is 0.217 e. The van der Waals surface area contributed by atoms with E-state index in [-0.39, 0.29) is 0 Å². The van der Waals surface area contributed by atoms with Gasteiger partial charge in [0.2, 0.25) is 5.91 Å². The van der Waals surface area contributed by atoms with Crippen LogP contribution in [0.3, 0.4) is 0 Å². The van der Waals surface area contributed by atoms with Gasteiger partial charge in [-0.1, -0.05) is 0 Å². The highest BCUT2D eigenvalue weighted by molar-refractivity contribution is 5.73. The van der Waals surface area contributed by atoms with E-state index in [0.717, 1.165) is 6.92 Å². The zero-order valence-electron chi connectivity index (χ0n) is 31.1. The van der Waals surface area contributed by atoms with Crippen LogP contribution in [0.1, 0.15) is 20.8 Å². The molecule has 25 nitrogen and oxygen atoms in total. The molecule has 25 heteroatoms. The lowest BCUT2D eigenvalue weighted by Gasteiger charge is -2.51. The summed E-state index contributed by atoms with van der Waals surface area (Å²) in [4.78, 5) is 12.6. The third-order valence-corrected chi connectivity index (χ3v) is 10.3. The molecule has 0 aromatic rings. The third kappa shape index (κ3) is 10.9. The normalized spacial score (nSPS) is 46.5. The molecule has 4 saturated heterocycles. The smallest absolute Gasteiger partial charge is 0.217 e. The number of hydrogen-bond acceptors (Lipinski definition) is 24. The van der Waals surface area contributed by atoms with Crippen LogP contribution in [0.2, 0.25) is 0 Å². The van der Waals surface area contributed by atoms with Crippen molar-refractivity contribution in [2.45, 2.75) is 168 Å². The first-order valence-electron chi connectivity index (χ1n) is 18.2. The molecule has 1 amide bonds. The molecule has 334 valence electrons. The second-order valence-electron chi connectivity index (χ2n) is 14.5. The molecule has 4 aliphatic rings. The van der Waals surface area contributed by atoms with Crippen molar-refractivity contribution in [3.63, 3.8) is 0 Å². The highest BCUT2D eigenvalue weighted by Gasteiger charge is 2.56. The number of rotatable bonds is 16. The molecule has 0 unspecified atom stereocenters. The maximum atomic E-state index is 12.6. The van der Waals surface area contributed by atoms with E-state index in [9.17, 15) is 76.3 Å². The van der Waals surface area contributed by atoms with Gasteiger partial charge in [0.05, 0.1) is 38.6 Å². The monoisotopic (exact) mass is 839 g/mol. The van der Waals surface area contributed by atoms with Crippen LogP contribution in [-0.2, 0) is 42.7 Å². The fourth-order valence-corrected chi connectivity index (χ4v) is 6.79. The van der Waals surface area contributed by atoms with Crippen LogP contribution in [-0.4, -0.2) is 256 Å². The van der Waals surface area contributed by atoms with Crippen molar-refractivity contribution in [2.24, 2.45) is 0 Å². The first-order chi connectivity index (χ1) is 26.8. The van der Waals surface area contributed by atoms with Gasteiger partial charge in [0, 0.05) is 6.92 Å². The molecule has 0 bridgehead atoms. The van der Waals surface area contributed by atoms with Gasteiger partial charge >= 0.3 is 0 Å². The van der Waals surface area contributed by atoms with Crippen molar-refractivity contribution >= 4 is 5.91 Å². The van der Waals surface area contributed by atoms with Crippen LogP contribution >= 0.6 is 0 Å². The zero-order chi connectivity index (χ0) is 42.6. The largest absolute Gasteiger partial charge is 0.394 e. The lowest BCUT2D eigenvalue weighted by atomic mass is 9.94. The lowest BCUT2D eigenvalue weighted by Crippen LogP contribution is -2.70. The molecule has 0 aromatic heterocycles. The van der Waals surface area contributed by atoms with Crippen LogP contribution in [0.25, 0.3) is 0 Å². The summed E-state index contributed by atoms with van der Waals surface area (Å²) in [5.74, 6) is -0.796. The van der Waals surface area contributed by atoms with Gasteiger partial charge in [-0.2, -0.15) is 0 Å². The Balaban J connectivity index is 1.72. The van der Waals surface area contributed by atoms with Crippen LogP contribution in [0.5, 0.6) is 0 Å². The number of hydrogen-bond donors (Lipinski definition) is 16. The Labute approximate surface area is 325 Å². The van der Waals surface area contributed by atoms with E-state index in [1.165, 1.54) is 13.8 Å². The molecule has 0 aromatic carbocycles. The minimum absolute atomic E-state index is 0.796. The van der Waals surface area contributed by atoms with Gasteiger partial charge in [0.25, 0.3) is 0 Å². The third-order valence-electron chi connectivity index (χ3n) is 10.3. The van der Waals surface area contributed by atoms with E-state index in [1.54, 1.807) is 0 Å². The minimum Gasteiger partial charge on any atom is -0.394 e. The van der Waals surface area contributed by atoms with Gasteiger partial charge in [-0.3, -0.25) is 4.79 Å². The predicted octanol–water partition coefficient (Wildman–Crippen LogP) is -10.1. The van der Waals surface area contributed by atoms with Crippen LogP contribution in [0.4, 0.5) is 0 Å². The van der Waals surface area contributed by atoms with E-state index in [0.29, 0.717) is 0 Å². The number of aliphatic hydroxyl groups excluding tert-OH is 15. The SMILES string of the molecule is CC(=O)N[C@H]1[C@H](OC[C@@H](O)[C@H](O)[C@H](O)[C@@H](O)CO)O[C@H](CO)[C@@H](O[C@@H]2O[C@H](CO)[C@H](O)[C@H](O)[C@H]2O[C@@H]2O[C@@H](C)[C@@H](O)[C@@H](O)[C@@H]2O)[C@@H]1O[C@@H]1O[C@@H](C)[C@@H](O)[C@@H](O)[C@@H]1O. The maximum absolute atomic E-state index is 12.6. The summed E-state index contributed by atoms with van der Waals surface area (Å²) >= 11 is 0. The van der Waals surface area contributed by atoms with Crippen molar-refractivity contribution in [3.05, 3.63) is 0 Å². The molecule has 0 aliphatic carbocycles. The zero-order valence-corrected chi connectivity index (χ0v) is 31.1. The second kappa shape index (κ2) is 20.9. The highest BCUT2D eigenvalue weighted by atomic mass is 16.8. The first kappa shape index (κ1) is 48.2. The number of carbonyl (C=O) groups is 1. The van der Waals surface area contributed by atoms with Crippen LogP contribution in [0, 0.1) is 0 Å². The predicted molar refractivity (Wildman–Crippen MR) is 178 cm³/mol. The first-order valence-corrected chi connectivity index (χ1v) is 18.2. The van der Waals surface area contributed by atoms with Crippen molar-refractivity contribution in [1.82, 2.24) is 5.32 Å². The van der Waals surface area contributed by atoms with E-state index < -0.39 is 180 Å². The number of carbonyl (C=O) groups excluding carboxylic acids is 1. The van der Waals surface area contributed by atoms with E-state index in [4.69, 9.17) is 43.0 Å². The summed E-state index contributed by atoms with van der Waals surface area (Å²) < 4.78 is 46.4. The Morgan fingerprint density at radius 3 is 1.53 bits per heavy atom. The van der Waals surface area contributed by atoms with Crippen LogP contribution in [0.15, 0.2) is 0 Å². The molecule has 4 rings (SSSR count). The highest BCUT2D eigenvalue weighted by Crippen LogP contribution is 2.36. The molecular weight excluding hydrogens is 782 g/mol. The number of amides is 1. The molecule has 57 heavy (non-hydrogen) atoms. The van der Waals surface area contributed by atoms with Crippen molar-refractivity contribution in [3.8, 4) is 0 Å². The van der Waals surface area contributed by atoms with E-state index >= 15 is 0 Å². The van der Waals surface area contributed by atoms with Gasteiger partial charge in [0.1, 0.15) is 110 Å². The molecule has 24 atom stereocenters. The topological polar surface area (TPSA) is 406 Å². The minimum atomic E-state index is -2.10. The summed E-state index contributed by atoms with van der Waals surface area (Å²) in [5.41, 5.74) is 0. The molecule has 4 fully saturated rings. The molecule has 0 spiro atoms.